The molecule has 0 radical (unpaired) electrons. The van der Waals surface area contributed by atoms with Crippen LogP contribution in [0.2, 0.25) is 0 Å². The van der Waals surface area contributed by atoms with Gasteiger partial charge in [-0.2, -0.15) is 0 Å². The second-order valence-electron chi connectivity index (χ2n) is 5.28. The smallest absolute Gasteiger partial charge is 0.325 e. The molecule has 2 heterocycles. The van der Waals surface area contributed by atoms with Gasteiger partial charge in [0.1, 0.15) is 6.17 Å². The van der Waals surface area contributed by atoms with E-state index in [1.54, 1.807) is 7.05 Å². The van der Waals surface area contributed by atoms with E-state index < -0.39 is 6.04 Å². The van der Waals surface area contributed by atoms with Gasteiger partial charge in [-0.1, -0.05) is 13.8 Å². The van der Waals surface area contributed by atoms with Crippen LogP contribution in [-0.2, 0) is 4.79 Å². The Morgan fingerprint density at radius 3 is 2.63 bits per heavy atom. The normalized spacial score (nSPS) is 28.8. The van der Waals surface area contributed by atoms with Gasteiger partial charge in [-0.15, -0.1) is 0 Å². The molecule has 2 saturated heterocycles. The molecule has 2 N–H and O–H groups in total. The summed E-state index contributed by atoms with van der Waals surface area (Å²) in [5, 5.41) is 5.54. The van der Waals surface area contributed by atoms with Gasteiger partial charge in [0.05, 0.1) is 0 Å². The maximum atomic E-state index is 12.0. The topological polar surface area (TPSA) is 77.0 Å². The van der Waals surface area contributed by atoms with Gasteiger partial charge in [0, 0.05) is 20.1 Å². The number of urea groups is 1. The Morgan fingerprint density at radius 2 is 2.05 bits per heavy atom. The van der Waals surface area contributed by atoms with E-state index in [0.29, 0.717) is 25.0 Å². The highest BCUT2D eigenvalue weighted by Crippen LogP contribution is 2.20. The number of carbonyl (C=O) groups is 2. The zero-order chi connectivity index (χ0) is 14.2. The van der Waals surface area contributed by atoms with Gasteiger partial charge in [-0.25, -0.2) is 4.79 Å². The molecule has 2 fully saturated rings. The van der Waals surface area contributed by atoms with Crippen LogP contribution in [0.3, 0.4) is 0 Å². The first-order valence-corrected chi connectivity index (χ1v) is 6.61. The van der Waals surface area contributed by atoms with Crippen molar-refractivity contribution in [2.45, 2.75) is 33.0 Å². The predicted octanol–water partition coefficient (Wildman–Crippen LogP) is -0.200. The third-order valence-electron chi connectivity index (χ3n) is 3.37. The largest absolute Gasteiger partial charge is 0.334 e. The first kappa shape index (κ1) is 13.6. The summed E-state index contributed by atoms with van der Waals surface area (Å²) in [6.45, 7) is 7.51. The van der Waals surface area contributed by atoms with Crippen molar-refractivity contribution < 1.29 is 9.59 Å². The van der Waals surface area contributed by atoms with Gasteiger partial charge in [-0.05, 0) is 12.8 Å². The van der Waals surface area contributed by atoms with E-state index in [1.165, 1.54) is 4.90 Å². The molecule has 0 spiro atoms. The molecule has 2 atom stereocenters. The number of carbonyl (C=O) groups excluding carboxylic acids is 2. The van der Waals surface area contributed by atoms with Crippen molar-refractivity contribution in [2.75, 3.05) is 20.1 Å². The van der Waals surface area contributed by atoms with E-state index in [1.807, 2.05) is 11.8 Å². The lowest BCUT2D eigenvalue weighted by Crippen LogP contribution is -2.64. The SMILES string of the molecule is CCN1C(=NCC(C)C)NC2C1C(=O)NC(=O)N2C. The standard InChI is InChI=1S/C12H21N5O2/c1-5-17-8-9(14-11(17)13-6-7(2)3)16(4)12(19)15-10(8)18/h7-9H,5-6H2,1-4H3,(H,13,14)(H,15,18,19). The molecule has 0 aromatic heterocycles. The Balaban J connectivity index is 2.25. The summed E-state index contributed by atoms with van der Waals surface area (Å²) in [6.07, 6.45) is -0.341. The van der Waals surface area contributed by atoms with Crippen LogP contribution in [0, 0.1) is 5.92 Å². The Hall–Kier alpha value is -1.79. The summed E-state index contributed by atoms with van der Waals surface area (Å²) >= 11 is 0. The van der Waals surface area contributed by atoms with Gasteiger partial charge in [0.15, 0.2) is 12.0 Å². The number of hydrogen-bond acceptors (Lipinski definition) is 3. The highest BCUT2D eigenvalue weighted by molar-refractivity contribution is 6.04. The van der Waals surface area contributed by atoms with Crippen LogP contribution in [0.4, 0.5) is 4.79 Å². The third kappa shape index (κ3) is 2.36. The summed E-state index contributed by atoms with van der Waals surface area (Å²) in [5.74, 6) is 0.879. The number of amides is 3. The van der Waals surface area contributed by atoms with Crippen LogP contribution >= 0.6 is 0 Å². The maximum absolute atomic E-state index is 12.0. The molecule has 0 aromatic rings. The molecule has 2 aliphatic heterocycles. The molecule has 0 bridgehead atoms. The van der Waals surface area contributed by atoms with Crippen LogP contribution in [0.25, 0.3) is 0 Å². The summed E-state index contributed by atoms with van der Waals surface area (Å²) in [6, 6.07) is -0.779. The van der Waals surface area contributed by atoms with Gasteiger partial charge in [0.25, 0.3) is 5.91 Å². The van der Waals surface area contributed by atoms with Gasteiger partial charge in [-0.3, -0.25) is 15.1 Å². The van der Waals surface area contributed by atoms with E-state index in [0.717, 1.165) is 0 Å². The minimum atomic E-state index is -0.404. The minimum absolute atomic E-state index is 0.266. The average molecular weight is 267 g/mol. The number of nitrogens with zero attached hydrogens (tertiary/aromatic N) is 3. The predicted molar refractivity (Wildman–Crippen MR) is 71.5 cm³/mol. The number of guanidine groups is 1. The van der Waals surface area contributed by atoms with E-state index in [2.05, 4.69) is 29.5 Å². The maximum Gasteiger partial charge on any atom is 0.325 e. The lowest BCUT2D eigenvalue weighted by molar-refractivity contribution is -0.127. The first-order valence-electron chi connectivity index (χ1n) is 6.61. The highest BCUT2D eigenvalue weighted by atomic mass is 16.2. The molecular weight excluding hydrogens is 246 g/mol. The Morgan fingerprint density at radius 1 is 1.37 bits per heavy atom. The fourth-order valence-electron chi connectivity index (χ4n) is 2.34. The first-order chi connectivity index (χ1) is 8.95. The lowest BCUT2D eigenvalue weighted by Gasteiger charge is -2.34. The van der Waals surface area contributed by atoms with Crippen molar-refractivity contribution in [3.63, 3.8) is 0 Å². The molecular formula is C12H21N5O2. The van der Waals surface area contributed by atoms with Crippen LogP contribution in [0.15, 0.2) is 4.99 Å². The number of hydrogen-bond donors (Lipinski definition) is 2. The van der Waals surface area contributed by atoms with Gasteiger partial charge in [0.2, 0.25) is 0 Å². The van der Waals surface area contributed by atoms with E-state index in [9.17, 15) is 9.59 Å². The van der Waals surface area contributed by atoms with Crippen LogP contribution in [-0.4, -0.2) is 60.0 Å². The molecule has 0 aromatic carbocycles. The molecule has 3 amide bonds. The van der Waals surface area contributed by atoms with Crippen molar-refractivity contribution in [3.05, 3.63) is 0 Å². The second kappa shape index (κ2) is 5.07. The van der Waals surface area contributed by atoms with Crippen molar-refractivity contribution >= 4 is 17.9 Å². The molecule has 2 rings (SSSR count). The Bertz CT molecular complexity index is 420. The van der Waals surface area contributed by atoms with Crippen LogP contribution in [0.1, 0.15) is 20.8 Å². The summed E-state index contributed by atoms with van der Waals surface area (Å²) < 4.78 is 0. The summed E-state index contributed by atoms with van der Waals surface area (Å²) in [4.78, 5) is 31.5. The Labute approximate surface area is 113 Å². The molecule has 0 saturated carbocycles. The fourth-order valence-corrected chi connectivity index (χ4v) is 2.34. The summed E-state index contributed by atoms with van der Waals surface area (Å²) in [5.41, 5.74) is 0. The van der Waals surface area contributed by atoms with E-state index >= 15 is 0 Å². The van der Waals surface area contributed by atoms with Crippen LogP contribution in [0.5, 0.6) is 0 Å². The number of aliphatic imine (C=N–C) groups is 1. The molecule has 7 nitrogen and oxygen atoms in total. The van der Waals surface area contributed by atoms with E-state index in [-0.39, 0.29) is 18.1 Å². The lowest BCUT2D eigenvalue weighted by atomic mass is 10.1. The number of fused-ring (bicyclic) bond motifs is 1. The third-order valence-corrected chi connectivity index (χ3v) is 3.37. The number of imide groups is 1. The fraction of sp³-hybridized carbons (Fsp3) is 0.750. The molecule has 7 heteroatoms. The number of nitrogens with one attached hydrogen (secondary N) is 2. The molecule has 2 unspecified atom stereocenters. The van der Waals surface area contributed by atoms with Crippen molar-refractivity contribution in [1.29, 1.82) is 0 Å². The molecule has 2 aliphatic rings. The average Bonchev–Trinajstić information content (AvgIpc) is 2.72. The Kier molecular flexibility index (Phi) is 3.64. The zero-order valence-corrected chi connectivity index (χ0v) is 11.8. The summed E-state index contributed by atoms with van der Waals surface area (Å²) in [7, 11) is 1.67. The zero-order valence-electron chi connectivity index (χ0n) is 11.8. The molecule has 0 aliphatic carbocycles. The number of rotatable bonds is 3. The minimum Gasteiger partial charge on any atom is -0.334 e. The van der Waals surface area contributed by atoms with Gasteiger partial charge >= 0.3 is 6.03 Å². The van der Waals surface area contributed by atoms with Gasteiger partial charge < -0.3 is 15.1 Å². The highest BCUT2D eigenvalue weighted by Gasteiger charge is 2.49. The molecule has 19 heavy (non-hydrogen) atoms. The number of likely N-dealkylation sites (N-methyl/N-ethyl adjacent to an activating group) is 2. The molecule has 106 valence electrons. The van der Waals surface area contributed by atoms with Crippen LogP contribution < -0.4 is 10.6 Å². The van der Waals surface area contributed by atoms with Crippen molar-refractivity contribution in [3.8, 4) is 0 Å². The quantitative estimate of drug-likeness (QED) is 0.742. The second-order valence-corrected chi connectivity index (χ2v) is 5.28. The van der Waals surface area contributed by atoms with E-state index in [4.69, 9.17) is 0 Å². The van der Waals surface area contributed by atoms with Crippen molar-refractivity contribution in [1.82, 2.24) is 20.4 Å². The van der Waals surface area contributed by atoms with Crippen molar-refractivity contribution in [2.24, 2.45) is 10.9 Å². The monoisotopic (exact) mass is 267 g/mol.